The van der Waals surface area contributed by atoms with Gasteiger partial charge in [-0.15, -0.1) is 0 Å². The van der Waals surface area contributed by atoms with Crippen LogP contribution in [0.25, 0.3) is 10.8 Å². The van der Waals surface area contributed by atoms with Crippen LogP contribution in [-0.2, 0) is 13.0 Å². The summed E-state index contributed by atoms with van der Waals surface area (Å²) in [6.45, 7) is 2.70. The lowest BCUT2D eigenvalue weighted by molar-refractivity contribution is 0.0927. The van der Waals surface area contributed by atoms with Crippen LogP contribution in [0.4, 0.5) is 0 Å². The molecule has 0 radical (unpaired) electrons. The maximum absolute atomic E-state index is 13.3. The lowest BCUT2D eigenvalue weighted by Crippen LogP contribution is -2.34. The number of nitrogens with one attached hydrogen (secondary N) is 1. The molecule has 1 N–H and O–H groups in total. The van der Waals surface area contributed by atoms with Gasteiger partial charge in [-0.1, -0.05) is 68.7 Å². The first-order valence-corrected chi connectivity index (χ1v) is 11.1. The number of nitrogens with zero attached hydrogens (tertiary/aromatic N) is 2. The lowest BCUT2D eigenvalue weighted by Gasteiger charge is -2.26. The molecule has 0 spiro atoms. The Balaban J connectivity index is 1.65. The number of hydrogen-bond donors (Lipinski definition) is 1. The quantitative estimate of drug-likeness (QED) is 0.577. The summed E-state index contributed by atoms with van der Waals surface area (Å²) >= 11 is 0. The number of carbonyl (C=O) groups excluding carboxylic acids is 1. The SMILES string of the molecule is CCCCCCn1nc(C(=O)N[C@@H]2CCCc3ccccc32)c2ccccc2c1=O. The minimum absolute atomic E-state index is 0.0204. The number of aryl methyl sites for hydroxylation is 2. The second-order valence-electron chi connectivity index (χ2n) is 8.10. The van der Waals surface area contributed by atoms with Gasteiger partial charge >= 0.3 is 0 Å². The number of rotatable bonds is 7. The molecular weight excluding hydrogens is 374 g/mol. The van der Waals surface area contributed by atoms with Crippen LogP contribution < -0.4 is 10.9 Å². The zero-order chi connectivity index (χ0) is 20.9. The van der Waals surface area contributed by atoms with Gasteiger partial charge in [0.1, 0.15) is 0 Å². The molecule has 1 amide bonds. The van der Waals surface area contributed by atoms with Gasteiger partial charge in [0.2, 0.25) is 0 Å². The third-order valence-corrected chi connectivity index (χ3v) is 5.98. The summed E-state index contributed by atoms with van der Waals surface area (Å²) in [4.78, 5) is 26.2. The predicted molar refractivity (Wildman–Crippen MR) is 120 cm³/mol. The Morgan fingerprint density at radius 2 is 1.83 bits per heavy atom. The monoisotopic (exact) mass is 403 g/mol. The van der Waals surface area contributed by atoms with Crippen LogP contribution in [0, 0.1) is 0 Å². The van der Waals surface area contributed by atoms with E-state index in [4.69, 9.17) is 0 Å². The van der Waals surface area contributed by atoms with Gasteiger partial charge in [-0.2, -0.15) is 5.10 Å². The highest BCUT2D eigenvalue weighted by Gasteiger charge is 2.24. The van der Waals surface area contributed by atoms with Gasteiger partial charge in [0.25, 0.3) is 11.5 Å². The second-order valence-corrected chi connectivity index (χ2v) is 8.10. The largest absolute Gasteiger partial charge is 0.344 e. The molecule has 1 aromatic heterocycles. The molecule has 1 atom stereocenters. The summed E-state index contributed by atoms with van der Waals surface area (Å²) in [6.07, 6.45) is 7.22. The molecule has 1 aliphatic carbocycles. The van der Waals surface area contributed by atoms with Crippen LogP contribution in [0.2, 0.25) is 0 Å². The number of amides is 1. The van der Waals surface area contributed by atoms with Crippen LogP contribution in [-0.4, -0.2) is 15.7 Å². The van der Waals surface area contributed by atoms with E-state index in [9.17, 15) is 9.59 Å². The van der Waals surface area contributed by atoms with Gasteiger partial charge in [0.15, 0.2) is 5.69 Å². The Kier molecular flexibility index (Phi) is 6.26. The highest BCUT2D eigenvalue weighted by atomic mass is 16.2. The van der Waals surface area contributed by atoms with Crippen molar-refractivity contribution in [1.29, 1.82) is 0 Å². The third-order valence-electron chi connectivity index (χ3n) is 5.98. The van der Waals surface area contributed by atoms with Gasteiger partial charge in [-0.05, 0) is 42.9 Å². The van der Waals surface area contributed by atoms with Gasteiger partial charge in [-0.3, -0.25) is 9.59 Å². The Bertz CT molecular complexity index is 1100. The Hall–Kier alpha value is -2.95. The first-order chi connectivity index (χ1) is 14.7. The normalized spacial score (nSPS) is 15.7. The number of hydrogen-bond acceptors (Lipinski definition) is 3. The molecule has 0 unspecified atom stereocenters. The molecule has 0 fully saturated rings. The molecular formula is C25H29N3O2. The molecule has 0 bridgehead atoms. The van der Waals surface area contributed by atoms with E-state index in [1.165, 1.54) is 15.8 Å². The zero-order valence-corrected chi connectivity index (χ0v) is 17.6. The Labute approximate surface area is 177 Å². The van der Waals surface area contributed by atoms with E-state index in [2.05, 4.69) is 29.5 Å². The Morgan fingerprint density at radius 1 is 1.07 bits per heavy atom. The summed E-state index contributed by atoms with van der Waals surface area (Å²) in [5, 5.41) is 8.87. The summed E-state index contributed by atoms with van der Waals surface area (Å²) in [5.74, 6) is -0.213. The van der Waals surface area contributed by atoms with Crippen molar-refractivity contribution >= 4 is 16.7 Å². The van der Waals surface area contributed by atoms with Crippen molar-refractivity contribution in [3.05, 3.63) is 75.7 Å². The summed E-state index contributed by atoms with van der Waals surface area (Å²) in [7, 11) is 0. The van der Waals surface area contributed by atoms with E-state index in [0.29, 0.717) is 23.0 Å². The van der Waals surface area contributed by atoms with Gasteiger partial charge in [0.05, 0.1) is 11.4 Å². The first-order valence-electron chi connectivity index (χ1n) is 11.1. The van der Waals surface area contributed by atoms with Gasteiger partial charge < -0.3 is 5.32 Å². The van der Waals surface area contributed by atoms with Crippen LogP contribution in [0.15, 0.2) is 53.3 Å². The molecule has 5 nitrogen and oxygen atoms in total. The zero-order valence-electron chi connectivity index (χ0n) is 17.6. The summed E-state index contributed by atoms with van der Waals surface area (Å²) in [5.41, 5.74) is 2.70. The minimum Gasteiger partial charge on any atom is -0.344 e. The molecule has 3 aromatic rings. The number of benzene rings is 2. The fourth-order valence-corrected chi connectivity index (χ4v) is 4.37. The molecule has 5 heteroatoms. The van der Waals surface area contributed by atoms with E-state index in [0.717, 1.165) is 44.9 Å². The fraction of sp³-hybridized carbons (Fsp3) is 0.400. The van der Waals surface area contributed by atoms with Crippen molar-refractivity contribution in [2.24, 2.45) is 0 Å². The van der Waals surface area contributed by atoms with Crippen molar-refractivity contribution in [1.82, 2.24) is 15.1 Å². The molecule has 0 saturated heterocycles. The third kappa shape index (κ3) is 4.16. The maximum atomic E-state index is 13.3. The predicted octanol–water partition coefficient (Wildman–Crippen LogP) is 4.78. The highest BCUT2D eigenvalue weighted by molar-refractivity contribution is 6.04. The van der Waals surface area contributed by atoms with Gasteiger partial charge in [-0.25, -0.2) is 4.68 Å². The van der Waals surface area contributed by atoms with E-state index in [1.54, 1.807) is 6.07 Å². The first kappa shape index (κ1) is 20.3. The van der Waals surface area contributed by atoms with E-state index in [-0.39, 0.29) is 17.5 Å². The Morgan fingerprint density at radius 3 is 2.67 bits per heavy atom. The van der Waals surface area contributed by atoms with Crippen LogP contribution in [0.1, 0.15) is 73.1 Å². The maximum Gasteiger partial charge on any atom is 0.274 e. The fourth-order valence-electron chi connectivity index (χ4n) is 4.37. The van der Waals surface area contributed by atoms with Crippen LogP contribution in [0.3, 0.4) is 0 Å². The highest BCUT2D eigenvalue weighted by Crippen LogP contribution is 2.29. The summed E-state index contributed by atoms with van der Waals surface area (Å²) < 4.78 is 1.47. The smallest absolute Gasteiger partial charge is 0.274 e. The number of carbonyl (C=O) groups is 1. The number of fused-ring (bicyclic) bond motifs is 2. The standard InChI is InChI=1S/C25H29N3O2/c1-2-3-4-9-17-28-25(30)21-15-8-7-14-20(21)23(27-28)24(29)26-22-16-10-12-18-11-5-6-13-19(18)22/h5-8,11,13-15,22H,2-4,9-10,12,16-17H2,1H3,(H,26,29)/t22-/m1/s1. The average molecular weight is 404 g/mol. The van der Waals surface area contributed by atoms with Crippen molar-refractivity contribution in [2.45, 2.75) is 64.5 Å². The van der Waals surface area contributed by atoms with E-state index in [1.807, 2.05) is 30.3 Å². The number of aromatic nitrogens is 2. The molecule has 2 aromatic carbocycles. The molecule has 0 aliphatic heterocycles. The molecule has 0 saturated carbocycles. The van der Waals surface area contributed by atoms with Crippen molar-refractivity contribution in [2.75, 3.05) is 0 Å². The van der Waals surface area contributed by atoms with Crippen molar-refractivity contribution in [3.63, 3.8) is 0 Å². The van der Waals surface area contributed by atoms with Crippen LogP contribution in [0.5, 0.6) is 0 Å². The summed E-state index contributed by atoms with van der Waals surface area (Å²) in [6, 6.07) is 15.6. The molecule has 30 heavy (non-hydrogen) atoms. The second kappa shape index (κ2) is 9.24. The van der Waals surface area contributed by atoms with E-state index < -0.39 is 0 Å². The molecule has 156 valence electrons. The van der Waals surface area contributed by atoms with Crippen molar-refractivity contribution in [3.8, 4) is 0 Å². The minimum atomic E-state index is -0.213. The van der Waals surface area contributed by atoms with Gasteiger partial charge in [0, 0.05) is 11.9 Å². The van der Waals surface area contributed by atoms with Crippen LogP contribution >= 0.6 is 0 Å². The number of unbranched alkanes of at least 4 members (excludes halogenated alkanes) is 3. The molecule has 1 aliphatic rings. The lowest BCUT2D eigenvalue weighted by atomic mass is 9.87. The topological polar surface area (TPSA) is 64.0 Å². The average Bonchev–Trinajstić information content (AvgIpc) is 2.78. The van der Waals surface area contributed by atoms with E-state index >= 15 is 0 Å². The molecule has 4 rings (SSSR count). The van der Waals surface area contributed by atoms with Crippen molar-refractivity contribution < 1.29 is 4.79 Å². The molecule has 1 heterocycles.